The van der Waals surface area contributed by atoms with Crippen LogP contribution in [0.2, 0.25) is 0 Å². The molecule has 0 fully saturated rings. The zero-order valence-corrected chi connectivity index (χ0v) is 17.5. The van der Waals surface area contributed by atoms with E-state index in [2.05, 4.69) is 20.1 Å². The van der Waals surface area contributed by atoms with Gasteiger partial charge in [-0.2, -0.15) is 0 Å². The maximum absolute atomic E-state index is 12.8. The number of benzene rings is 2. The summed E-state index contributed by atoms with van der Waals surface area (Å²) in [4.78, 5) is 12.8. The van der Waals surface area contributed by atoms with Crippen molar-refractivity contribution in [3.63, 3.8) is 0 Å². The largest absolute Gasteiger partial charge is 0.508 e. The number of carbonyl (C=O) groups is 1. The highest BCUT2D eigenvalue weighted by atomic mass is 16.5. The first-order valence-corrected chi connectivity index (χ1v) is 10.4. The van der Waals surface area contributed by atoms with Crippen molar-refractivity contribution in [2.75, 3.05) is 20.3 Å². The number of aromatic nitrogens is 3. The second-order valence-corrected chi connectivity index (χ2v) is 7.51. The number of phenols is 1. The Morgan fingerprint density at radius 1 is 1.16 bits per heavy atom. The molecule has 2 heterocycles. The predicted molar refractivity (Wildman–Crippen MR) is 115 cm³/mol. The van der Waals surface area contributed by atoms with Crippen molar-refractivity contribution < 1.29 is 19.4 Å². The molecule has 4 rings (SSSR count). The number of aromatic hydroxyl groups is 1. The van der Waals surface area contributed by atoms with Gasteiger partial charge in [0.2, 0.25) is 0 Å². The summed E-state index contributed by atoms with van der Waals surface area (Å²) in [6.45, 7) is 1.49. The number of ether oxygens (including phenoxy) is 2. The Kier molecular flexibility index (Phi) is 6.47. The summed E-state index contributed by atoms with van der Waals surface area (Å²) in [7, 11) is 1.59. The van der Waals surface area contributed by atoms with Gasteiger partial charge in [0.05, 0.1) is 6.61 Å². The van der Waals surface area contributed by atoms with Crippen LogP contribution < -0.4 is 10.1 Å². The molecular weight excluding hydrogens is 396 g/mol. The molecule has 2 aromatic carbocycles. The van der Waals surface area contributed by atoms with Gasteiger partial charge in [-0.1, -0.05) is 30.3 Å². The van der Waals surface area contributed by atoms with E-state index in [4.69, 9.17) is 9.47 Å². The number of methoxy groups -OCH3 is 1. The van der Waals surface area contributed by atoms with Crippen molar-refractivity contribution in [3.8, 4) is 22.9 Å². The molecule has 0 aliphatic carbocycles. The molecular formula is C23H26N4O4. The van der Waals surface area contributed by atoms with E-state index in [0.29, 0.717) is 24.5 Å². The smallest absolute Gasteiger partial charge is 0.251 e. The van der Waals surface area contributed by atoms with Crippen LogP contribution in [0.25, 0.3) is 11.4 Å². The van der Waals surface area contributed by atoms with E-state index in [1.54, 1.807) is 13.2 Å². The first-order chi connectivity index (χ1) is 15.1. The summed E-state index contributed by atoms with van der Waals surface area (Å²) in [5, 5.41) is 21.8. The highest BCUT2D eigenvalue weighted by Crippen LogP contribution is 2.24. The Morgan fingerprint density at radius 3 is 2.81 bits per heavy atom. The van der Waals surface area contributed by atoms with Crippen molar-refractivity contribution in [2.24, 2.45) is 0 Å². The van der Waals surface area contributed by atoms with Gasteiger partial charge in [0, 0.05) is 43.3 Å². The Labute approximate surface area is 180 Å². The van der Waals surface area contributed by atoms with E-state index in [-0.39, 0.29) is 17.7 Å². The van der Waals surface area contributed by atoms with E-state index in [9.17, 15) is 9.90 Å². The first kappa shape index (κ1) is 20.9. The molecule has 1 aliphatic heterocycles. The molecule has 31 heavy (non-hydrogen) atoms. The average Bonchev–Trinajstić information content (AvgIpc) is 3.08. The molecule has 0 spiro atoms. The Morgan fingerprint density at radius 2 is 2.00 bits per heavy atom. The van der Waals surface area contributed by atoms with Crippen LogP contribution >= 0.6 is 0 Å². The minimum atomic E-state index is -0.238. The zero-order chi connectivity index (χ0) is 21.6. The third-order valence-electron chi connectivity index (χ3n) is 5.32. The number of nitrogens with zero attached hydrogens (tertiary/aromatic N) is 3. The fourth-order valence-electron chi connectivity index (χ4n) is 3.74. The maximum atomic E-state index is 12.8. The van der Waals surface area contributed by atoms with Crippen LogP contribution in [0.15, 0.2) is 48.5 Å². The van der Waals surface area contributed by atoms with Gasteiger partial charge >= 0.3 is 0 Å². The monoisotopic (exact) mass is 422 g/mol. The SMILES string of the molecule is COCCOc1cc(O)cc(C(=O)NC2CCc3nnc(-c4ccccc4)n3CC2)c1. The Balaban J connectivity index is 1.42. The molecule has 1 unspecified atom stereocenters. The summed E-state index contributed by atoms with van der Waals surface area (Å²) >= 11 is 0. The minimum absolute atomic E-state index is 0.00182. The van der Waals surface area contributed by atoms with Gasteiger partial charge in [-0.3, -0.25) is 4.79 Å². The molecule has 2 N–H and O–H groups in total. The summed E-state index contributed by atoms with van der Waals surface area (Å²) in [6.07, 6.45) is 2.28. The minimum Gasteiger partial charge on any atom is -0.508 e. The standard InChI is InChI=1S/C23H26N4O4/c1-30-11-12-31-20-14-17(13-19(28)15-20)23(29)24-18-7-8-21-25-26-22(27(21)10-9-18)16-5-3-2-4-6-16/h2-6,13-15,18,28H,7-12H2,1H3,(H,24,29). The molecule has 1 amide bonds. The van der Waals surface area contributed by atoms with Gasteiger partial charge in [-0.25, -0.2) is 0 Å². The van der Waals surface area contributed by atoms with Gasteiger partial charge < -0.3 is 24.5 Å². The van der Waals surface area contributed by atoms with Crippen molar-refractivity contribution >= 4 is 5.91 Å². The zero-order valence-electron chi connectivity index (χ0n) is 17.5. The van der Waals surface area contributed by atoms with E-state index in [1.807, 2.05) is 30.3 Å². The van der Waals surface area contributed by atoms with Crippen molar-refractivity contribution in [2.45, 2.75) is 31.8 Å². The van der Waals surface area contributed by atoms with Crippen molar-refractivity contribution in [3.05, 3.63) is 59.9 Å². The average molecular weight is 422 g/mol. The fraction of sp³-hybridized carbons (Fsp3) is 0.348. The van der Waals surface area contributed by atoms with Gasteiger partial charge in [-0.05, 0) is 25.0 Å². The molecule has 0 saturated heterocycles. The lowest BCUT2D eigenvalue weighted by molar-refractivity contribution is 0.0931. The highest BCUT2D eigenvalue weighted by molar-refractivity contribution is 5.95. The van der Waals surface area contributed by atoms with Crippen LogP contribution in [0, 0.1) is 0 Å². The second-order valence-electron chi connectivity index (χ2n) is 7.51. The number of phenolic OH excluding ortho intramolecular Hbond substituents is 1. The van der Waals surface area contributed by atoms with Gasteiger partial charge in [-0.15, -0.1) is 10.2 Å². The van der Waals surface area contributed by atoms with Crippen LogP contribution in [0.5, 0.6) is 11.5 Å². The quantitative estimate of drug-likeness (QED) is 0.568. The summed E-state index contributed by atoms with van der Waals surface area (Å²) in [6, 6.07) is 14.5. The Hall–Kier alpha value is -3.39. The summed E-state index contributed by atoms with van der Waals surface area (Å²) < 4.78 is 12.6. The molecule has 1 aromatic heterocycles. The van der Waals surface area contributed by atoms with E-state index in [0.717, 1.165) is 43.0 Å². The molecule has 0 radical (unpaired) electrons. The number of hydrogen-bond donors (Lipinski definition) is 2. The number of rotatable bonds is 7. The first-order valence-electron chi connectivity index (χ1n) is 10.4. The summed E-state index contributed by atoms with van der Waals surface area (Å²) in [5.41, 5.74) is 1.39. The Bertz CT molecular complexity index is 1040. The number of carbonyl (C=O) groups excluding carboxylic acids is 1. The summed E-state index contributed by atoms with van der Waals surface area (Å²) in [5.74, 6) is 1.97. The van der Waals surface area contributed by atoms with E-state index < -0.39 is 0 Å². The van der Waals surface area contributed by atoms with Crippen molar-refractivity contribution in [1.29, 1.82) is 0 Å². The van der Waals surface area contributed by atoms with Crippen LogP contribution in [-0.2, 0) is 17.7 Å². The molecule has 0 bridgehead atoms. The number of aryl methyl sites for hydroxylation is 1. The molecule has 1 aliphatic rings. The van der Waals surface area contributed by atoms with Gasteiger partial charge in [0.1, 0.15) is 23.9 Å². The fourth-order valence-corrected chi connectivity index (χ4v) is 3.74. The van der Waals surface area contributed by atoms with Gasteiger partial charge in [0.25, 0.3) is 5.91 Å². The van der Waals surface area contributed by atoms with Crippen LogP contribution in [-0.4, -0.2) is 52.1 Å². The van der Waals surface area contributed by atoms with Crippen LogP contribution in [0.3, 0.4) is 0 Å². The molecule has 1 atom stereocenters. The number of hydrogen-bond acceptors (Lipinski definition) is 6. The number of nitrogens with one attached hydrogen (secondary N) is 1. The van der Waals surface area contributed by atoms with E-state index >= 15 is 0 Å². The van der Waals surface area contributed by atoms with E-state index in [1.165, 1.54) is 12.1 Å². The van der Waals surface area contributed by atoms with Crippen LogP contribution in [0.1, 0.15) is 29.0 Å². The van der Waals surface area contributed by atoms with Gasteiger partial charge in [0.15, 0.2) is 5.82 Å². The van der Waals surface area contributed by atoms with Crippen LogP contribution in [0.4, 0.5) is 0 Å². The number of amides is 1. The lowest BCUT2D eigenvalue weighted by Gasteiger charge is -2.17. The third kappa shape index (κ3) is 5.03. The lowest BCUT2D eigenvalue weighted by Crippen LogP contribution is -2.35. The lowest BCUT2D eigenvalue weighted by atomic mass is 10.1. The van der Waals surface area contributed by atoms with Crippen molar-refractivity contribution in [1.82, 2.24) is 20.1 Å². The topological polar surface area (TPSA) is 98.5 Å². The maximum Gasteiger partial charge on any atom is 0.251 e. The molecule has 3 aromatic rings. The predicted octanol–water partition coefficient (Wildman–Crippen LogP) is 2.81. The number of fused-ring (bicyclic) bond motifs is 1. The molecule has 8 nitrogen and oxygen atoms in total. The molecule has 0 saturated carbocycles. The second kappa shape index (κ2) is 9.61. The normalized spacial score (nSPS) is 15.7. The highest BCUT2D eigenvalue weighted by Gasteiger charge is 2.22. The third-order valence-corrected chi connectivity index (χ3v) is 5.32. The molecule has 8 heteroatoms. The molecule has 162 valence electrons.